The van der Waals surface area contributed by atoms with Crippen LogP contribution in [-0.2, 0) is 9.53 Å². The first-order valence-electron chi connectivity index (χ1n) is 8.92. The summed E-state index contributed by atoms with van der Waals surface area (Å²) in [5.41, 5.74) is 2.29. The van der Waals surface area contributed by atoms with E-state index in [1.807, 2.05) is 0 Å². The molecule has 4 rings (SSSR count). The topological polar surface area (TPSA) is 117 Å². The number of imidazole rings is 1. The fourth-order valence-corrected chi connectivity index (χ4v) is 4.24. The molecule has 158 valence electrons. The van der Waals surface area contributed by atoms with Crippen LogP contribution in [-0.4, -0.2) is 33.4 Å². The number of nitrogens with zero attached hydrogens (tertiary/aromatic N) is 1. The first kappa shape index (κ1) is 20.9. The number of hydrogen-bond acceptors (Lipinski definition) is 6. The molecule has 31 heavy (non-hydrogen) atoms. The van der Waals surface area contributed by atoms with Crippen molar-refractivity contribution in [1.29, 1.82) is 0 Å². The van der Waals surface area contributed by atoms with Gasteiger partial charge in [0.25, 0.3) is 5.91 Å². The monoisotopic (exact) mass is 504 g/mol. The number of carbonyl (C=O) groups is 2. The number of aromatic nitrogens is 3. The molecular formula is C20H14BrFN4O4S. The number of esters is 1. The van der Waals surface area contributed by atoms with E-state index < -0.39 is 18.5 Å². The Morgan fingerprint density at radius 1 is 1.19 bits per heavy atom. The molecule has 2 heterocycles. The zero-order valence-corrected chi connectivity index (χ0v) is 18.3. The smallest absolute Gasteiger partial charge is 0.350 e. The van der Waals surface area contributed by atoms with Crippen molar-refractivity contribution in [2.45, 2.75) is 6.92 Å². The lowest BCUT2D eigenvalue weighted by molar-refractivity contribution is -0.119. The number of rotatable bonds is 5. The molecule has 2 aromatic heterocycles. The van der Waals surface area contributed by atoms with Crippen molar-refractivity contribution in [3.63, 3.8) is 0 Å². The van der Waals surface area contributed by atoms with Crippen molar-refractivity contribution >= 4 is 55.9 Å². The lowest BCUT2D eigenvalue weighted by atomic mass is 10.2. The van der Waals surface area contributed by atoms with Crippen LogP contribution in [0.4, 0.5) is 10.1 Å². The van der Waals surface area contributed by atoms with Gasteiger partial charge in [0.1, 0.15) is 15.7 Å². The van der Waals surface area contributed by atoms with Crippen molar-refractivity contribution in [3.05, 3.63) is 67.7 Å². The lowest BCUT2D eigenvalue weighted by Crippen LogP contribution is -2.21. The highest BCUT2D eigenvalue weighted by atomic mass is 79.9. The van der Waals surface area contributed by atoms with Gasteiger partial charge in [-0.2, -0.15) is 0 Å². The molecule has 4 aromatic rings. The Labute approximate surface area is 186 Å². The molecule has 0 bridgehead atoms. The summed E-state index contributed by atoms with van der Waals surface area (Å²) >= 11 is 4.43. The summed E-state index contributed by atoms with van der Waals surface area (Å²) in [5.74, 6) is -1.59. The molecule has 0 radical (unpaired) electrons. The molecule has 11 heteroatoms. The van der Waals surface area contributed by atoms with Gasteiger partial charge in [-0.25, -0.2) is 19.0 Å². The summed E-state index contributed by atoms with van der Waals surface area (Å²) < 4.78 is 18.8. The van der Waals surface area contributed by atoms with Crippen molar-refractivity contribution in [2.75, 3.05) is 11.9 Å². The number of amides is 1. The standard InChI is InChI=1S/C20H14BrFN4O4S/c1-9-17(31-18(23-9)10-2-4-11(22)5-3-10)19(28)30-8-16(27)24-13-7-15-14(6-12(13)21)25-20(29)26-15/h2-7H,8H2,1H3,(H,24,27)(H2,25,26,29). The fourth-order valence-electron chi connectivity index (χ4n) is 2.84. The van der Waals surface area contributed by atoms with Gasteiger partial charge in [0, 0.05) is 10.0 Å². The van der Waals surface area contributed by atoms with Crippen LogP contribution in [0.1, 0.15) is 15.4 Å². The SMILES string of the molecule is Cc1nc(-c2ccc(F)cc2)sc1C(=O)OCC(=O)Nc1cc2[nH]c(=O)[nH]c2cc1Br. The van der Waals surface area contributed by atoms with E-state index in [9.17, 15) is 18.8 Å². The van der Waals surface area contributed by atoms with Crippen LogP contribution in [0.25, 0.3) is 21.6 Å². The minimum absolute atomic E-state index is 0.264. The Morgan fingerprint density at radius 2 is 1.87 bits per heavy atom. The number of aryl methyl sites for hydroxylation is 1. The third-order valence-corrected chi connectivity index (χ3v) is 6.13. The molecule has 0 atom stereocenters. The molecule has 0 aliphatic heterocycles. The summed E-state index contributed by atoms with van der Waals surface area (Å²) in [6.07, 6.45) is 0. The van der Waals surface area contributed by atoms with Crippen LogP contribution in [0.2, 0.25) is 0 Å². The highest BCUT2D eigenvalue weighted by molar-refractivity contribution is 9.10. The molecule has 1 amide bonds. The maximum Gasteiger partial charge on any atom is 0.350 e. The van der Waals surface area contributed by atoms with E-state index in [2.05, 4.69) is 36.2 Å². The Balaban J connectivity index is 1.42. The van der Waals surface area contributed by atoms with Gasteiger partial charge in [0.15, 0.2) is 6.61 Å². The van der Waals surface area contributed by atoms with Gasteiger partial charge in [0.05, 0.1) is 22.4 Å². The van der Waals surface area contributed by atoms with Gasteiger partial charge in [-0.15, -0.1) is 11.3 Å². The first-order valence-corrected chi connectivity index (χ1v) is 10.5. The number of H-pyrrole nitrogens is 2. The van der Waals surface area contributed by atoms with Gasteiger partial charge in [0.2, 0.25) is 0 Å². The molecule has 0 aliphatic carbocycles. The van der Waals surface area contributed by atoms with Crippen LogP contribution in [0.3, 0.4) is 0 Å². The van der Waals surface area contributed by atoms with E-state index in [-0.39, 0.29) is 16.4 Å². The van der Waals surface area contributed by atoms with E-state index in [0.717, 1.165) is 11.3 Å². The van der Waals surface area contributed by atoms with Crippen LogP contribution < -0.4 is 11.0 Å². The molecule has 8 nitrogen and oxygen atoms in total. The molecule has 0 unspecified atom stereocenters. The molecule has 0 aliphatic rings. The van der Waals surface area contributed by atoms with Crippen LogP contribution in [0.5, 0.6) is 0 Å². The summed E-state index contributed by atoms with van der Waals surface area (Å²) in [5, 5.41) is 3.17. The van der Waals surface area contributed by atoms with Crippen LogP contribution >= 0.6 is 27.3 Å². The number of anilines is 1. The number of halogens is 2. The van der Waals surface area contributed by atoms with Crippen LogP contribution in [0.15, 0.2) is 45.7 Å². The number of aromatic amines is 2. The number of carbonyl (C=O) groups excluding carboxylic acids is 2. The molecule has 2 aromatic carbocycles. The largest absolute Gasteiger partial charge is 0.451 e. The maximum absolute atomic E-state index is 13.1. The second kappa shape index (κ2) is 8.44. The summed E-state index contributed by atoms with van der Waals surface area (Å²) in [6, 6.07) is 9.00. The number of ether oxygens (including phenoxy) is 1. The molecule has 0 saturated carbocycles. The zero-order chi connectivity index (χ0) is 22.1. The highest BCUT2D eigenvalue weighted by Crippen LogP contribution is 2.29. The molecule has 3 N–H and O–H groups in total. The van der Waals surface area contributed by atoms with E-state index in [1.165, 1.54) is 12.1 Å². The van der Waals surface area contributed by atoms with Gasteiger partial charge in [-0.3, -0.25) is 4.79 Å². The lowest BCUT2D eigenvalue weighted by Gasteiger charge is -2.08. The molecule has 0 saturated heterocycles. The normalized spacial score (nSPS) is 10.9. The fraction of sp³-hybridized carbons (Fsp3) is 0.100. The molecule has 0 spiro atoms. The average molecular weight is 505 g/mol. The molecular weight excluding hydrogens is 491 g/mol. The van der Waals surface area contributed by atoms with Crippen molar-refractivity contribution in [2.24, 2.45) is 0 Å². The Kier molecular flexibility index (Phi) is 5.70. The average Bonchev–Trinajstić information content (AvgIpc) is 3.28. The van der Waals surface area contributed by atoms with E-state index in [1.54, 1.807) is 31.2 Å². The van der Waals surface area contributed by atoms with Gasteiger partial charge in [-0.1, -0.05) is 0 Å². The van der Waals surface area contributed by atoms with Crippen LogP contribution in [0, 0.1) is 12.7 Å². The number of hydrogen-bond donors (Lipinski definition) is 3. The minimum Gasteiger partial charge on any atom is -0.451 e. The number of nitrogens with one attached hydrogen (secondary N) is 3. The number of thiazole rings is 1. The van der Waals surface area contributed by atoms with Gasteiger partial charge >= 0.3 is 11.7 Å². The summed E-state index contributed by atoms with van der Waals surface area (Å²) in [6.45, 7) is 1.15. The minimum atomic E-state index is -0.678. The number of fused-ring (bicyclic) bond motifs is 1. The summed E-state index contributed by atoms with van der Waals surface area (Å²) in [7, 11) is 0. The van der Waals surface area contributed by atoms with E-state index in [4.69, 9.17) is 4.74 Å². The second-order valence-corrected chi connectivity index (χ2v) is 8.37. The third-order valence-electron chi connectivity index (χ3n) is 4.29. The quantitative estimate of drug-likeness (QED) is 0.355. The van der Waals surface area contributed by atoms with E-state index >= 15 is 0 Å². The van der Waals surface area contributed by atoms with Crippen molar-refractivity contribution < 1.29 is 18.7 Å². The predicted molar refractivity (Wildman–Crippen MR) is 118 cm³/mol. The highest BCUT2D eigenvalue weighted by Gasteiger charge is 2.19. The van der Waals surface area contributed by atoms with Gasteiger partial charge in [-0.05, 0) is 59.3 Å². The summed E-state index contributed by atoms with van der Waals surface area (Å²) in [4.78, 5) is 45.9. The zero-order valence-electron chi connectivity index (χ0n) is 15.9. The molecule has 0 fully saturated rings. The Bertz CT molecular complexity index is 1360. The Hall–Kier alpha value is -3.31. The second-order valence-electron chi connectivity index (χ2n) is 6.52. The number of benzene rings is 2. The maximum atomic E-state index is 13.1. The van der Waals surface area contributed by atoms with E-state index in [0.29, 0.717) is 37.5 Å². The third kappa shape index (κ3) is 4.57. The van der Waals surface area contributed by atoms with Crippen molar-refractivity contribution in [3.8, 4) is 10.6 Å². The predicted octanol–water partition coefficient (Wildman–Crippen LogP) is 3.99. The first-order chi connectivity index (χ1) is 14.8. The Morgan fingerprint density at radius 3 is 2.58 bits per heavy atom. The van der Waals surface area contributed by atoms with Gasteiger partial charge < -0.3 is 20.0 Å². The van der Waals surface area contributed by atoms with Crippen molar-refractivity contribution in [1.82, 2.24) is 15.0 Å².